The van der Waals surface area contributed by atoms with Crippen molar-refractivity contribution in [3.8, 4) is 0 Å². The minimum absolute atomic E-state index is 0.0296. The van der Waals surface area contributed by atoms with Crippen molar-refractivity contribution >= 4 is 46.4 Å². The van der Waals surface area contributed by atoms with Gasteiger partial charge in [-0.1, -0.05) is 35.3 Å². The molecule has 5 nitrogen and oxygen atoms in total. The second-order valence-electron chi connectivity index (χ2n) is 6.24. The summed E-state index contributed by atoms with van der Waals surface area (Å²) in [6, 6.07) is 10.8. The number of para-hydroxylation sites is 1. The first kappa shape index (κ1) is 20.2. The molecule has 0 fully saturated rings. The Kier molecular flexibility index (Phi) is 7.03. The van der Waals surface area contributed by atoms with Crippen LogP contribution >= 0.6 is 23.2 Å². The zero-order chi connectivity index (χ0) is 19.3. The number of nitrogens with zero attached hydrogens (tertiary/aromatic N) is 1. The van der Waals surface area contributed by atoms with Crippen molar-refractivity contribution in [3.05, 3.63) is 57.6 Å². The number of aryl methyl sites for hydroxylation is 2. The zero-order valence-electron chi connectivity index (χ0n) is 14.9. The maximum atomic E-state index is 12.2. The van der Waals surface area contributed by atoms with Gasteiger partial charge in [-0.2, -0.15) is 0 Å². The molecule has 0 spiro atoms. The minimum atomic E-state index is -0.304. The van der Waals surface area contributed by atoms with Crippen LogP contribution in [-0.2, 0) is 9.59 Å². The Morgan fingerprint density at radius 1 is 0.923 bits per heavy atom. The minimum Gasteiger partial charge on any atom is -0.325 e. The Labute approximate surface area is 163 Å². The SMILES string of the molecule is Cc1cc(C)cc(NC(=O)CN(C)CC(=O)Nc2c(Cl)cccc2Cl)c1. The number of likely N-dealkylation sites (N-methyl/N-ethyl adjacent to an activating group) is 1. The third kappa shape index (κ3) is 6.02. The zero-order valence-corrected chi connectivity index (χ0v) is 16.4. The summed E-state index contributed by atoms with van der Waals surface area (Å²) in [5.41, 5.74) is 3.26. The number of anilines is 2. The molecule has 0 aliphatic rings. The number of rotatable bonds is 6. The summed E-state index contributed by atoms with van der Waals surface area (Å²) in [6.45, 7) is 4.05. The van der Waals surface area contributed by atoms with E-state index in [1.807, 2.05) is 32.0 Å². The lowest BCUT2D eigenvalue weighted by molar-refractivity contribution is -0.119. The molecule has 0 bridgehead atoms. The maximum absolute atomic E-state index is 12.2. The maximum Gasteiger partial charge on any atom is 0.238 e. The van der Waals surface area contributed by atoms with Crippen molar-refractivity contribution in [2.24, 2.45) is 0 Å². The van der Waals surface area contributed by atoms with Crippen LogP contribution in [0.1, 0.15) is 11.1 Å². The lowest BCUT2D eigenvalue weighted by Crippen LogP contribution is -2.36. The van der Waals surface area contributed by atoms with Crippen molar-refractivity contribution in [1.29, 1.82) is 0 Å². The largest absolute Gasteiger partial charge is 0.325 e. The van der Waals surface area contributed by atoms with E-state index in [-0.39, 0.29) is 24.9 Å². The summed E-state index contributed by atoms with van der Waals surface area (Å²) in [6.07, 6.45) is 0. The Morgan fingerprint density at radius 3 is 1.96 bits per heavy atom. The van der Waals surface area contributed by atoms with Crippen molar-refractivity contribution < 1.29 is 9.59 Å². The topological polar surface area (TPSA) is 61.4 Å². The smallest absolute Gasteiger partial charge is 0.238 e. The summed E-state index contributed by atoms with van der Waals surface area (Å²) in [7, 11) is 1.69. The molecule has 0 aliphatic carbocycles. The molecule has 2 aromatic carbocycles. The average Bonchev–Trinajstić information content (AvgIpc) is 2.49. The van der Waals surface area contributed by atoms with Gasteiger partial charge >= 0.3 is 0 Å². The van der Waals surface area contributed by atoms with Crippen molar-refractivity contribution in [3.63, 3.8) is 0 Å². The Hall–Kier alpha value is -2.08. The Balaban J connectivity index is 1.88. The van der Waals surface area contributed by atoms with Crippen LogP contribution in [0.25, 0.3) is 0 Å². The van der Waals surface area contributed by atoms with Gasteiger partial charge in [-0.05, 0) is 56.3 Å². The fourth-order valence-corrected chi connectivity index (χ4v) is 3.08. The lowest BCUT2D eigenvalue weighted by atomic mass is 10.1. The van der Waals surface area contributed by atoms with Gasteiger partial charge in [-0.25, -0.2) is 0 Å². The average molecular weight is 394 g/mol. The number of hydrogen-bond acceptors (Lipinski definition) is 3. The molecule has 0 radical (unpaired) electrons. The Bertz CT molecular complexity index is 784. The number of hydrogen-bond donors (Lipinski definition) is 2. The van der Waals surface area contributed by atoms with Crippen molar-refractivity contribution in [2.75, 3.05) is 30.8 Å². The van der Waals surface area contributed by atoms with E-state index in [4.69, 9.17) is 23.2 Å². The fraction of sp³-hybridized carbons (Fsp3) is 0.263. The van der Waals surface area contributed by atoms with Gasteiger partial charge < -0.3 is 10.6 Å². The summed E-state index contributed by atoms with van der Waals surface area (Å²) < 4.78 is 0. The van der Waals surface area contributed by atoms with Crippen molar-refractivity contribution in [2.45, 2.75) is 13.8 Å². The first-order valence-corrected chi connectivity index (χ1v) is 8.80. The van der Waals surface area contributed by atoms with E-state index in [0.29, 0.717) is 15.7 Å². The van der Waals surface area contributed by atoms with E-state index in [2.05, 4.69) is 10.6 Å². The van der Waals surface area contributed by atoms with Gasteiger partial charge in [-0.15, -0.1) is 0 Å². The molecule has 0 unspecified atom stereocenters. The number of carbonyl (C=O) groups is 2. The van der Waals surface area contributed by atoms with E-state index in [9.17, 15) is 9.59 Å². The summed E-state index contributed by atoms with van der Waals surface area (Å²) in [5, 5.41) is 6.24. The van der Waals surface area contributed by atoms with Gasteiger partial charge in [0.2, 0.25) is 11.8 Å². The first-order chi connectivity index (χ1) is 12.2. The van der Waals surface area contributed by atoms with E-state index >= 15 is 0 Å². The summed E-state index contributed by atoms with van der Waals surface area (Å²) in [4.78, 5) is 25.9. The van der Waals surface area contributed by atoms with Crippen molar-refractivity contribution in [1.82, 2.24) is 4.90 Å². The third-order valence-electron chi connectivity index (χ3n) is 3.56. The predicted octanol–water partition coefficient (Wildman–Crippen LogP) is 4.12. The lowest BCUT2D eigenvalue weighted by Gasteiger charge is -2.17. The standard InChI is InChI=1S/C19H21Cl2N3O2/c1-12-7-13(2)9-14(8-12)22-17(25)10-24(3)11-18(26)23-19-15(20)5-4-6-16(19)21/h4-9H,10-11H2,1-3H3,(H,22,25)(H,23,26). The van der Waals surface area contributed by atoms with Crippen LogP contribution in [0.5, 0.6) is 0 Å². The molecule has 0 aromatic heterocycles. The van der Waals surface area contributed by atoms with E-state index in [1.165, 1.54) is 0 Å². The van der Waals surface area contributed by atoms with Gasteiger partial charge in [0.1, 0.15) is 0 Å². The monoisotopic (exact) mass is 393 g/mol. The van der Waals surface area contributed by atoms with Crippen LogP contribution in [0.15, 0.2) is 36.4 Å². The quantitative estimate of drug-likeness (QED) is 0.775. The summed E-state index contributed by atoms with van der Waals surface area (Å²) in [5.74, 6) is -0.497. The molecule has 2 aromatic rings. The molecule has 0 saturated carbocycles. The number of halogens is 2. The van der Waals surface area contributed by atoms with Crippen LogP contribution < -0.4 is 10.6 Å². The number of carbonyl (C=O) groups excluding carboxylic acids is 2. The predicted molar refractivity (Wildman–Crippen MR) is 107 cm³/mol. The number of benzene rings is 2. The molecule has 7 heteroatoms. The normalized spacial score (nSPS) is 10.7. The van der Waals surface area contributed by atoms with Crippen LogP contribution in [-0.4, -0.2) is 36.9 Å². The second-order valence-corrected chi connectivity index (χ2v) is 7.06. The molecule has 138 valence electrons. The van der Waals surface area contributed by atoms with Gasteiger partial charge in [0.25, 0.3) is 0 Å². The van der Waals surface area contributed by atoms with Gasteiger partial charge in [0.05, 0.1) is 28.8 Å². The van der Waals surface area contributed by atoms with Gasteiger partial charge in [0, 0.05) is 5.69 Å². The second kappa shape index (κ2) is 9.03. The molecular formula is C19H21Cl2N3O2. The molecule has 26 heavy (non-hydrogen) atoms. The summed E-state index contributed by atoms with van der Waals surface area (Å²) >= 11 is 12.1. The van der Waals surface area contributed by atoms with E-state index in [1.54, 1.807) is 30.1 Å². The number of amides is 2. The third-order valence-corrected chi connectivity index (χ3v) is 4.19. The van der Waals surface area contributed by atoms with Crippen LogP contribution in [0.2, 0.25) is 10.0 Å². The molecule has 2 N–H and O–H groups in total. The highest BCUT2D eigenvalue weighted by Gasteiger charge is 2.14. The van der Waals surface area contributed by atoms with Crippen LogP contribution in [0, 0.1) is 13.8 Å². The molecule has 0 saturated heterocycles. The van der Waals surface area contributed by atoms with E-state index < -0.39 is 0 Å². The fourth-order valence-electron chi connectivity index (χ4n) is 2.59. The van der Waals surface area contributed by atoms with E-state index in [0.717, 1.165) is 16.8 Å². The molecule has 0 heterocycles. The van der Waals surface area contributed by atoms with Gasteiger partial charge in [-0.3, -0.25) is 14.5 Å². The number of nitrogens with one attached hydrogen (secondary N) is 2. The molecule has 2 rings (SSSR count). The van der Waals surface area contributed by atoms with Crippen LogP contribution in [0.3, 0.4) is 0 Å². The molecule has 2 amide bonds. The molecular weight excluding hydrogens is 373 g/mol. The molecule has 0 atom stereocenters. The highest BCUT2D eigenvalue weighted by Crippen LogP contribution is 2.29. The van der Waals surface area contributed by atoms with Crippen LogP contribution in [0.4, 0.5) is 11.4 Å². The Morgan fingerprint density at radius 2 is 1.42 bits per heavy atom. The highest BCUT2D eigenvalue weighted by atomic mass is 35.5. The molecule has 0 aliphatic heterocycles. The highest BCUT2D eigenvalue weighted by molar-refractivity contribution is 6.39. The first-order valence-electron chi connectivity index (χ1n) is 8.05. The van der Waals surface area contributed by atoms with Gasteiger partial charge in [0.15, 0.2) is 0 Å².